The summed E-state index contributed by atoms with van der Waals surface area (Å²) < 4.78 is 5.98. The summed E-state index contributed by atoms with van der Waals surface area (Å²) in [5.41, 5.74) is 0.160. The number of hydrogen-bond donors (Lipinski definition) is 1. The third-order valence-electron chi connectivity index (χ3n) is 7.32. The maximum atomic E-state index is 12.9. The molecule has 0 aromatic carbocycles. The first-order valence-corrected chi connectivity index (χ1v) is 10.2. The molecule has 4 heteroatoms. The summed E-state index contributed by atoms with van der Waals surface area (Å²) >= 11 is 0. The second-order valence-electron chi connectivity index (χ2n) is 8.32. The fraction of sp³-hybridized carbons (Fsp3) is 0.950. The zero-order valence-electron chi connectivity index (χ0n) is 16.0. The van der Waals surface area contributed by atoms with E-state index in [0.717, 1.165) is 32.3 Å². The van der Waals surface area contributed by atoms with E-state index in [4.69, 9.17) is 4.74 Å². The lowest BCUT2D eigenvalue weighted by Crippen LogP contribution is -2.64. The van der Waals surface area contributed by atoms with Crippen LogP contribution < -0.4 is 5.32 Å². The van der Waals surface area contributed by atoms with Gasteiger partial charge in [0.05, 0.1) is 6.10 Å². The van der Waals surface area contributed by atoms with Crippen molar-refractivity contribution < 1.29 is 9.53 Å². The molecule has 4 nitrogen and oxygen atoms in total. The van der Waals surface area contributed by atoms with Crippen molar-refractivity contribution in [2.45, 2.75) is 96.4 Å². The predicted molar refractivity (Wildman–Crippen MR) is 96.9 cm³/mol. The van der Waals surface area contributed by atoms with Gasteiger partial charge in [0, 0.05) is 43.6 Å². The number of carbonyl (C=O) groups is 1. The molecular weight excluding hydrogens is 300 g/mol. The van der Waals surface area contributed by atoms with Crippen LogP contribution in [0.15, 0.2) is 0 Å². The lowest BCUT2D eigenvalue weighted by Gasteiger charge is -2.58. The monoisotopic (exact) mass is 336 g/mol. The first-order valence-electron chi connectivity index (χ1n) is 10.2. The molecule has 2 heterocycles. The molecule has 0 spiro atoms. The first-order chi connectivity index (χ1) is 11.5. The van der Waals surface area contributed by atoms with Crippen LogP contribution in [0.3, 0.4) is 0 Å². The molecule has 3 fully saturated rings. The van der Waals surface area contributed by atoms with Crippen molar-refractivity contribution in [1.29, 1.82) is 0 Å². The number of carbonyl (C=O) groups excluding carboxylic acids is 1. The van der Waals surface area contributed by atoms with Gasteiger partial charge < -0.3 is 15.0 Å². The Bertz CT molecular complexity index is 437. The van der Waals surface area contributed by atoms with E-state index in [1.807, 2.05) is 7.05 Å². The Morgan fingerprint density at radius 3 is 2.29 bits per heavy atom. The van der Waals surface area contributed by atoms with Crippen LogP contribution in [0.25, 0.3) is 0 Å². The molecular formula is C20H36N2O2. The van der Waals surface area contributed by atoms with Gasteiger partial charge in [0.1, 0.15) is 0 Å². The standard InChI is InChI=1S/C20H36N2O2/c1-5-20(6-2)17(13-18(20)24-7-3)22(4)19(23)12-14-10-15-8-9-16(11-14)21-15/h14-18,21H,5-13H2,1-4H3. The van der Waals surface area contributed by atoms with Crippen LogP contribution in [0, 0.1) is 11.3 Å². The van der Waals surface area contributed by atoms with Gasteiger partial charge in [0.15, 0.2) is 0 Å². The molecule has 1 saturated carbocycles. The highest BCUT2D eigenvalue weighted by Gasteiger charge is 2.55. The Balaban J connectivity index is 1.59. The molecule has 0 radical (unpaired) electrons. The van der Waals surface area contributed by atoms with Gasteiger partial charge in [-0.3, -0.25) is 4.79 Å². The van der Waals surface area contributed by atoms with E-state index in [9.17, 15) is 4.79 Å². The van der Waals surface area contributed by atoms with Gasteiger partial charge in [0.2, 0.25) is 5.91 Å². The van der Waals surface area contributed by atoms with Crippen LogP contribution in [0.2, 0.25) is 0 Å². The topological polar surface area (TPSA) is 41.6 Å². The van der Waals surface area contributed by atoms with Gasteiger partial charge in [-0.05, 0) is 57.8 Å². The van der Waals surface area contributed by atoms with Gasteiger partial charge >= 0.3 is 0 Å². The van der Waals surface area contributed by atoms with Crippen molar-refractivity contribution in [3.8, 4) is 0 Å². The minimum atomic E-state index is 0.160. The normalized spacial score (nSPS) is 37.1. The molecule has 3 rings (SSSR count). The van der Waals surface area contributed by atoms with Crippen molar-refractivity contribution in [3.63, 3.8) is 0 Å². The van der Waals surface area contributed by atoms with Crippen LogP contribution in [-0.2, 0) is 9.53 Å². The number of nitrogens with one attached hydrogen (secondary N) is 1. The lowest BCUT2D eigenvalue weighted by atomic mass is 9.58. The van der Waals surface area contributed by atoms with E-state index in [0.29, 0.717) is 36.1 Å². The van der Waals surface area contributed by atoms with E-state index in [-0.39, 0.29) is 5.41 Å². The number of piperidine rings is 1. The maximum absolute atomic E-state index is 12.9. The molecule has 138 valence electrons. The molecule has 4 unspecified atom stereocenters. The predicted octanol–water partition coefficient (Wildman–Crippen LogP) is 3.35. The molecule has 3 aliphatic rings. The molecule has 2 aliphatic heterocycles. The quantitative estimate of drug-likeness (QED) is 0.775. The van der Waals surface area contributed by atoms with Crippen LogP contribution in [-0.4, -0.2) is 48.7 Å². The van der Waals surface area contributed by atoms with Crippen LogP contribution in [0.1, 0.15) is 72.1 Å². The summed E-state index contributed by atoms with van der Waals surface area (Å²) in [4.78, 5) is 15.0. The van der Waals surface area contributed by atoms with E-state index < -0.39 is 0 Å². The molecule has 0 aromatic rings. The fourth-order valence-electron chi connectivity index (χ4n) is 5.79. The van der Waals surface area contributed by atoms with Crippen molar-refractivity contribution >= 4 is 5.91 Å². The summed E-state index contributed by atoms with van der Waals surface area (Å²) in [6.45, 7) is 7.35. The van der Waals surface area contributed by atoms with E-state index >= 15 is 0 Å². The largest absolute Gasteiger partial charge is 0.378 e. The third kappa shape index (κ3) is 3.12. The van der Waals surface area contributed by atoms with Gasteiger partial charge in [0.25, 0.3) is 0 Å². The zero-order chi connectivity index (χ0) is 17.3. The minimum absolute atomic E-state index is 0.160. The number of hydrogen-bond acceptors (Lipinski definition) is 3. The fourth-order valence-corrected chi connectivity index (χ4v) is 5.79. The van der Waals surface area contributed by atoms with E-state index in [1.54, 1.807) is 0 Å². The van der Waals surface area contributed by atoms with E-state index in [1.165, 1.54) is 25.7 Å². The summed E-state index contributed by atoms with van der Waals surface area (Å²) in [6.07, 6.45) is 9.25. The van der Waals surface area contributed by atoms with Gasteiger partial charge in [-0.2, -0.15) is 0 Å². The van der Waals surface area contributed by atoms with Gasteiger partial charge in [-0.1, -0.05) is 13.8 Å². The molecule has 2 saturated heterocycles. The van der Waals surface area contributed by atoms with Crippen molar-refractivity contribution in [3.05, 3.63) is 0 Å². The second-order valence-corrected chi connectivity index (χ2v) is 8.32. The summed E-state index contributed by atoms with van der Waals surface area (Å²) in [5, 5.41) is 3.68. The molecule has 4 atom stereocenters. The summed E-state index contributed by atoms with van der Waals surface area (Å²) in [5.74, 6) is 0.937. The number of fused-ring (bicyclic) bond motifs is 2. The Labute approximate surface area is 147 Å². The van der Waals surface area contributed by atoms with Gasteiger partial charge in [-0.25, -0.2) is 0 Å². The first kappa shape index (κ1) is 18.2. The average Bonchev–Trinajstić information content (AvgIpc) is 2.90. The molecule has 1 amide bonds. The van der Waals surface area contributed by atoms with E-state index in [2.05, 4.69) is 31.0 Å². The second kappa shape index (κ2) is 7.33. The maximum Gasteiger partial charge on any atom is 0.222 e. The minimum Gasteiger partial charge on any atom is -0.378 e. The van der Waals surface area contributed by atoms with Crippen molar-refractivity contribution in [2.75, 3.05) is 13.7 Å². The Kier molecular flexibility index (Phi) is 5.55. The smallest absolute Gasteiger partial charge is 0.222 e. The molecule has 0 aromatic heterocycles. The van der Waals surface area contributed by atoms with Crippen molar-refractivity contribution in [2.24, 2.45) is 11.3 Å². The molecule has 24 heavy (non-hydrogen) atoms. The van der Waals surface area contributed by atoms with Crippen molar-refractivity contribution in [1.82, 2.24) is 10.2 Å². The lowest BCUT2D eigenvalue weighted by molar-refractivity contribution is -0.177. The van der Waals surface area contributed by atoms with Crippen LogP contribution in [0.5, 0.6) is 0 Å². The summed E-state index contributed by atoms with van der Waals surface area (Å²) in [7, 11) is 2.03. The zero-order valence-corrected chi connectivity index (χ0v) is 16.0. The van der Waals surface area contributed by atoms with Crippen LogP contribution >= 0.6 is 0 Å². The van der Waals surface area contributed by atoms with Crippen LogP contribution in [0.4, 0.5) is 0 Å². The number of nitrogens with zero attached hydrogens (tertiary/aromatic N) is 1. The van der Waals surface area contributed by atoms with Gasteiger partial charge in [-0.15, -0.1) is 0 Å². The Morgan fingerprint density at radius 2 is 1.75 bits per heavy atom. The Hall–Kier alpha value is -0.610. The SMILES string of the molecule is CCOC1CC(N(C)C(=O)CC2CC3CCC(C2)N3)C1(CC)CC. The molecule has 1 aliphatic carbocycles. The number of amides is 1. The number of rotatable bonds is 7. The highest BCUT2D eigenvalue weighted by atomic mass is 16.5. The highest BCUT2D eigenvalue weighted by Crippen LogP contribution is 2.51. The Morgan fingerprint density at radius 1 is 1.12 bits per heavy atom. The third-order valence-corrected chi connectivity index (χ3v) is 7.32. The molecule has 1 N–H and O–H groups in total. The summed E-state index contributed by atoms with van der Waals surface area (Å²) in [6, 6.07) is 1.70. The highest BCUT2D eigenvalue weighted by molar-refractivity contribution is 5.76. The number of ether oxygens (including phenoxy) is 1. The average molecular weight is 337 g/mol. The molecule has 2 bridgehead atoms.